The third-order valence-corrected chi connectivity index (χ3v) is 1.61. The molecule has 0 fully saturated rings. The molecule has 1 rings (SSSR count). The SMILES string of the molecule is COC(=O)COc1ccc(N)cc1N. The quantitative estimate of drug-likeness (QED) is 0.539. The highest BCUT2D eigenvalue weighted by Crippen LogP contribution is 2.23. The van der Waals surface area contributed by atoms with Gasteiger partial charge in [-0.05, 0) is 18.2 Å². The van der Waals surface area contributed by atoms with Crippen molar-refractivity contribution in [2.45, 2.75) is 0 Å². The third-order valence-electron chi connectivity index (χ3n) is 1.61. The number of carbonyl (C=O) groups excluding carboxylic acids is 1. The molecule has 0 bridgehead atoms. The van der Waals surface area contributed by atoms with Crippen LogP contribution in [0.2, 0.25) is 0 Å². The van der Waals surface area contributed by atoms with Gasteiger partial charge in [-0.3, -0.25) is 0 Å². The molecule has 5 nitrogen and oxygen atoms in total. The van der Waals surface area contributed by atoms with Crippen molar-refractivity contribution in [3.63, 3.8) is 0 Å². The second-order valence-corrected chi connectivity index (χ2v) is 2.66. The Kier molecular flexibility index (Phi) is 3.17. The first kappa shape index (κ1) is 10.2. The van der Waals surface area contributed by atoms with Crippen LogP contribution in [0.1, 0.15) is 0 Å². The molecule has 1 aromatic rings. The van der Waals surface area contributed by atoms with Crippen LogP contribution in [-0.2, 0) is 9.53 Å². The Morgan fingerprint density at radius 1 is 1.43 bits per heavy atom. The minimum atomic E-state index is -0.457. The molecule has 76 valence electrons. The summed E-state index contributed by atoms with van der Waals surface area (Å²) in [6.45, 7) is -0.162. The van der Waals surface area contributed by atoms with Gasteiger partial charge < -0.3 is 20.9 Å². The van der Waals surface area contributed by atoms with Crippen LogP contribution in [0.3, 0.4) is 0 Å². The first-order chi connectivity index (χ1) is 6.63. The van der Waals surface area contributed by atoms with E-state index in [1.165, 1.54) is 7.11 Å². The average molecular weight is 196 g/mol. The highest BCUT2D eigenvalue weighted by molar-refractivity contribution is 5.71. The number of carbonyl (C=O) groups is 1. The van der Waals surface area contributed by atoms with Crippen LogP contribution >= 0.6 is 0 Å². The fourth-order valence-corrected chi connectivity index (χ4v) is 0.894. The Morgan fingerprint density at radius 2 is 2.14 bits per heavy atom. The van der Waals surface area contributed by atoms with Crippen molar-refractivity contribution in [1.29, 1.82) is 0 Å². The number of nitrogen functional groups attached to an aromatic ring is 2. The van der Waals surface area contributed by atoms with Crippen molar-refractivity contribution < 1.29 is 14.3 Å². The Morgan fingerprint density at radius 3 is 2.71 bits per heavy atom. The zero-order valence-electron chi connectivity index (χ0n) is 7.82. The lowest BCUT2D eigenvalue weighted by Crippen LogP contribution is -2.13. The summed E-state index contributed by atoms with van der Waals surface area (Å²) in [5.74, 6) is -0.0363. The van der Waals surface area contributed by atoms with Gasteiger partial charge in [0, 0.05) is 5.69 Å². The maximum atomic E-state index is 10.8. The van der Waals surface area contributed by atoms with E-state index in [4.69, 9.17) is 16.2 Å². The van der Waals surface area contributed by atoms with E-state index in [2.05, 4.69) is 4.74 Å². The predicted octanol–water partition coefficient (Wildman–Crippen LogP) is 0.403. The molecule has 0 aliphatic carbocycles. The maximum absolute atomic E-state index is 10.8. The minimum absolute atomic E-state index is 0.162. The summed E-state index contributed by atoms with van der Waals surface area (Å²) >= 11 is 0. The van der Waals surface area contributed by atoms with E-state index < -0.39 is 5.97 Å². The monoisotopic (exact) mass is 196 g/mol. The van der Waals surface area contributed by atoms with Crippen molar-refractivity contribution in [2.24, 2.45) is 0 Å². The summed E-state index contributed by atoms with van der Waals surface area (Å²) in [6, 6.07) is 4.81. The molecule has 0 aliphatic rings. The van der Waals surface area contributed by atoms with Crippen LogP contribution in [0.4, 0.5) is 11.4 Å². The molecule has 0 saturated carbocycles. The summed E-state index contributed by atoms with van der Waals surface area (Å²) < 4.78 is 9.50. The highest BCUT2D eigenvalue weighted by Gasteiger charge is 2.04. The number of methoxy groups -OCH3 is 1. The lowest BCUT2D eigenvalue weighted by molar-refractivity contribution is -0.142. The van der Waals surface area contributed by atoms with Crippen LogP contribution in [0.25, 0.3) is 0 Å². The summed E-state index contributed by atoms with van der Waals surface area (Å²) in [5, 5.41) is 0. The molecule has 0 heterocycles. The van der Waals surface area contributed by atoms with Crippen molar-refractivity contribution in [1.82, 2.24) is 0 Å². The second kappa shape index (κ2) is 4.36. The van der Waals surface area contributed by atoms with Gasteiger partial charge in [0.2, 0.25) is 0 Å². The molecule has 0 unspecified atom stereocenters. The molecular formula is C9H12N2O3. The van der Waals surface area contributed by atoms with Gasteiger partial charge in [-0.15, -0.1) is 0 Å². The van der Waals surface area contributed by atoms with Gasteiger partial charge in [0.15, 0.2) is 6.61 Å². The van der Waals surface area contributed by atoms with Crippen LogP contribution < -0.4 is 16.2 Å². The lowest BCUT2D eigenvalue weighted by Gasteiger charge is -2.07. The van der Waals surface area contributed by atoms with Crippen molar-refractivity contribution >= 4 is 17.3 Å². The van der Waals surface area contributed by atoms with Gasteiger partial charge in [0.25, 0.3) is 0 Å². The average Bonchev–Trinajstić information content (AvgIpc) is 2.16. The van der Waals surface area contributed by atoms with Gasteiger partial charge in [-0.1, -0.05) is 0 Å². The second-order valence-electron chi connectivity index (χ2n) is 2.66. The van der Waals surface area contributed by atoms with Gasteiger partial charge in [0.05, 0.1) is 12.8 Å². The van der Waals surface area contributed by atoms with Crippen molar-refractivity contribution in [2.75, 3.05) is 25.2 Å². The number of ether oxygens (including phenoxy) is 2. The molecule has 0 spiro atoms. The predicted molar refractivity (Wildman–Crippen MR) is 52.8 cm³/mol. The van der Waals surface area contributed by atoms with Crippen LogP contribution in [0, 0.1) is 0 Å². The van der Waals surface area contributed by atoms with Crippen LogP contribution in [0.5, 0.6) is 5.75 Å². The fourth-order valence-electron chi connectivity index (χ4n) is 0.894. The fraction of sp³-hybridized carbons (Fsp3) is 0.222. The number of nitrogens with two attached hydrogens (primary N) is 2. The van der Waals surface area contributed by atoms with Gasteiger partial charge >= 0.3 is 5.97 Å². The number of esters is 1. The summed E-state index contributed by atoms with van der Waals surface area (Å²) in [5.41, 5.74) is 12.0. The number of benzene rings is 1. The normalized spacial score (nSPS) is 9.50. The third kappa shape index (κ3) is 2.55. The largest absolute Gasteiger partial charge is 0.480 e. The molecule has 0 radical (unpaired) electrons. The number of rotatable bonds is 3. The van der Waals surface area contributed by atoms with E-state index in [0.29, 0.717) is 17.1 Å². The smallest absolute Gasteiger partial charge is 0.343 e. The number of hydrogen-bond donors (Lipinski definition) is 2. The molecule has 0 saturated heterocycles. The van der Waals surface area contributed by atoms with Crippen LogP contribution in [0.15, 0.2) is 18.2 Å². The van der Waals surface area contributed by atoms with E-state index >= 15 is 0 Å². The zero-order valence-corrected chi connectivity index (χ0v) is 7.82. The van der Waals surface area contributed by atoms with Crippen molar-refractivity contribution in [3.05, 3.63) is 18.2 Å². The first-order valence-corrected chi connectivity index (χ1v) is 3.98. The van der Waals surface area contributed by atoms with Crippen molar-refractivity contribution in [3.8, 4) is 5.75 Å². The van der Waals surface area contributed by atoms with E-state index in [1.54, 1.807) is 18.2 Å². The van der Waals surface area contributed by atoms with E-state index in [-0.39, 0.29) is 6.61 Å². The van der Waals surface area contributed by atoms with Gasteiger partial charge in [-0.25, -0.2) is 4.79 Å². The first-order valence-electron chi connectivity index (χ1n) is 3.98. The lowest BCUT2D eigenvalue weighted by atomic mass is 10.2. The molecule has 1 aromatic carbocycles. The molecule has 0 atom stereocenters. The van der Waals surface area contributed by atoms with E-state index in [0.717, 1.165) is 0 Å². The molecule has 0 amide bonds. The molecule has 4 N–H and O–H groups in total. The summed E-state index contributed by atoms with van der Waals surface area (Å²) in [4.78, 5) is 10.8. The van der Waals surface area contributed by atoms with E-state index in [1.807, 2.05) is 0 Å². The maximum Gasteiger partial charge on any atom is 0.343 e. The summed E-state index contributed by atoms with van der Waals surface area (Å²) in [6.07, 6.45) is 0. The van der Waals surface area contributed by atoms with Gasteiger partial charge in [-0.2, -0.15) is 0 Å². The Labute approximate surface area is 81.6 Å². The Balaban J connectivity index is 2.63. The molecular weight excluding hydrogens is 184 g/mol. The Hall–Kier alpha value is -1.91. The molecule has 14 heavy (non-hydrogen) atoms. The Bertz CT molecular complexity index is 339. The standard InChI is InChI=1S/C9H12N2O3/c1-13-9(12)5-14-8-3-2-6(10)4-7(8)11/h2-4H,5,10-11H2,1H3. The highest BCUT2D eigenvalue weighted by atomic mass is 16.6. The zero-order chi connectivity index (χ0) is 10.6. The van der Waals surface area contributed by atoms with Gasteiger partial charge in [0.1, 0.15) is 5.75 Å². The molecule has 0 aromatic heterocycles. The number of hydrogen-bond acceptors (Lipinski definition) is 5. The summed E-state index contributed by atoms with van der Waals surface area (Å²) in [7, 11) is 1.29. The van der Waals surface area contributed by atoms with Crippen LogP contribution in [-0.4, -0.2) is 19.7 Å². The van der Waals surface area contributed by atoms with E-state index in [9.17, 15) is 4.79 Å². The minimum Gasteiger partial charge on any atom is -0.480 e. The topological polar surface area (TPSA) is 87.6 Å². The number of anilines is 2. The molecule has 5 heteroatoms. The molecule has 0 aliphatic heterocycles.